The summed E-state index contributed by atoms with van der Waals surface area (Å²) in [7, 11) is 4.25. The minimum atomic E-state index is 0.499. The maximum absolute atomic E-state index is 4.30. The number of hydrogen-bond acceptors (Lipinski definition) is 2. The molecule has 0 amide bonds. The molecule has 2 atom stereocenters. The third-order valence-electron chi connectivity index (χ3n) is 3.20. The van der Waals surface area contributed by atoms with Gasteiger partial charge < -0.3 is 10.2 Å². The first kappa shape index (κ1) is 15.9. The van der Waals surface area contributed by atoms with E-state index in [1.54, 1.807) is 0 Å². The Kier molecular flexibility index (Phi) is 8.04. The van der Waals surface area contributed by atoms with Gasteiger partial charge in [-0.05, 0) is 58.3 Å². The lowest BCUT2D eigenvalue weighted by Gasteiger charge is -2.31. The number of nitrogens with one attached hydrogen (secondary N) is 1. The van der Waals surface area contributed by atoms with E-state index in [2.05, 4.69) is 58.9 Å². The van der Waals surface area contributed by atoms with Gasteiger partial charge in [-0.25, -0.2) is 0 Å². The van der Waals surface area contributed by atoms with Crippen LogP contribution in [-0.4, -0.2) is 38.1 Å². The van der Waals surface area contributed by atoms with Crippen LogP contribution < -0.4 is 5.32 Å². The Hall–Kier alpha value is -0.0800. The minimum Gasteiger partial charge on any atom is -0.313 e. The van der Waals surface area contributed by atoms with E-state index in [0.29, 0.717) is 23.8 Å². The van der Waals surface area contributed by atoms with Gasteiger partial charge in [-0.1, -0.05) is 27.7 Å². The van der Waals surface area contributed by atoms with Gasteiger partial charge in [0.1, 0.15) is 0 Å². The Morgan fingerprint density at radius 2 is 1.62 bits per heavy atom. The van der Waals surface area contributed by atoms with Gasteiger partial charge in [-0.3, -0.25) is 0 Å². The summed E-state index contributed by atoms with van der Waals surface area (Å²) in [6, 6.07) is 0.544. The molecule has 0 heterocycles. The molecule has 0 aliphatic heterocycles. The lowest BCUT2D eigenvalue weighted by Crippen LogP contribution is -2.42. The van der Waals surface area contributed by atoms with Gasteiger partial charge in [0.2, 0.25) is 0 Å². The van der Waals surface area contributed by atoms with Gasteiger partial charge in [0, 0.05) is 6.04 Å². The van der Waals surface area contributed by atoms with E-state index in [-0.39, 0.29) is 0 Å². The van der Waals surface area contributed by atoms with Crippen molar-refractivity contribution in [2.75, 3.05) is 27.2 Å². The summed E-state index contributed by atoms with van der Waals surface area (Å²) >= 11 is 0. The van der Waals surface area contributed by atoms with Crippen LogP contribution in [0.15, 0.2) is 0 Å². The molecule has 0 fully saturated rings. The second-order valence-corrected chi connectivity index (χ2v) is 5.79. The summed E-state index contributed by atoms with van der Waals surface area (Å²) in [4.78, 5) is 2.23. The third-order valence-corrected chi connectivity index (χ3v) is 3.20. The summed E-state index contributed by atoms with van der Waals surface area (Å²) in [6.45, 7) is 15.6. The standard InChI is InChI=1S/C14H31N2/c1-11(2)13(5)14(12(3)4)15-9-8-10-16(6)7/h11-15H,5,8-10H2,1-4,6-7H3. The highest BCUT2D eigenvalue weighted by Gasteiger charge is 2.22. The molecule has 0 aliphatic carbocycles. The highest BCUT2D eigenvalue weighted by atomic mass is 15.1. The monoisotopic (exact) mass is 227 g/mol. The van der Waals surface area contributed by atoms with Gasteiger partial charge in [-0.2, -0.15) is 0 Å². The van der Waals surface area contributed by atoms with Crippen LogP contribution in [-0.2, 0) is 0 Å². The van der Waals surface area contributed by atoms with Crippen molar-refractivity contribution < 1.29 is 0 Å². The molecule has 2 unspecified atom stereocenters. The predicted octanol–water partition coefficient (Wildman–Crippen LogP) is 2.66. The fraction of sp³-hybridized carbons (Fsp3) is 0.929. The van der Waals surface area contributed by atoms with Crippen molar-refractivity contribution in [3.05, 3.63) is 6.92 Å². The molecule has 2 heteroatoms. The average Bonchev–Trinajstić information content (AvgIpc) is 2.15. The third kappa shape index (κ3) is 6.49. The molecule has 0 aromatic carbocycles. The first-order valence-electron chi connectivity index (χ1n) is 6.57. The van der Waals surface area contributed by atoms with Crippen molar-refractivity contribution in [3.63, 3.8) is 0 Å². The van der Waals surface area contributed by atoms with Crippen LogP contribution in [0.4, 0.5) is 0 Å². The molecule has 0 bridgehead atoms. The molecule has 1 N–H and O–H groups in total. The van der Waals surface area contributed by atoms with Crippen molar-refractivity contribution in [2.45, 2.75) is 40.2 Å². The molecule has 2 nitrogen and oxygen atoms in total. The highest BCUT2D eigenvalue weighted by Crippen LogP contribution is 2.19. The SMILES string of the molecule is [CH2]C(C(C)C)C(NCCCN(C)C)C(C)C. The van der Waals surface area contributed by atoms with Crippen LogP contribution in [0.3, 0.4) is 0 Å². The summed E-state index contributed by atoms with van der Waals surface area (Å²) < 4.78 is 0. The van der Waals surface area contributed by atoms with E-state index in [1.165, 1.54) is 6.42 Å². The molecule has 0 aromatic rings. The zero-order chi connectivity index (χ0) is 12.7. The Labute approximate surface area is 103 Å². The molecule has 97 valence electrons. The smallest absolute Gasteiger partial charge is 0.0121 e. The van der Waals surface area contributed by atoms with E-state index in [0.717, 1.165) is 13.1 Å². The van der Waals surface area contributed by atoms with Crippen LogP contribution in [0, 0.1) is 24.7 Å². The van der Waals surface area contributed by atoms with Gasteiger partial charge >= 0.3 is 0 Å². The summed E-state index contributed by atoms with van der Waals surface area (Å²) in [5, 5.41) is 3.67. The second-order valence-electron chi connectivity index (χ2n) is 5.79. The maximum atomic E-state index is 4.30. The Morgan fingerprint density at radius 1 is 1.06 bits per heavy atom. The number of rotatable bonds is 8. The molecular formula is C14H31N2. The largest absolute Gasteiger partial charge is 0.313 e. The van der Waals surface area contributed by atoms with E-state index < -0.39 is 0 Å². The van der Waals surface area contributed by atoms with Crippen molar-refractivity contribution in [2.24, 2.45) is 17.8 Å². The fourth-order valence-electron chi connectivity index (χ4n) is 1.96. The molecule has 0 aromatic heterocycles. The zero-order valence-electron chi connectivity index (χ0n) is 12.1. The summed E-state index contributed by atoms with van der Waals surface area (Å²) in [5.41, 5.74) is 0. The fourth-order valence-corrected chi connectivity index (χ4v) is 1.96. The first-order valence-corrected chi connectivity index (χ1v) is 6.57. The molecule has 0 aliphatic rings. The molecule has 0 spiro atoms. The van der Waals surface area contributed by atoms with Crippen LogP contribution in [0.25, 0.3) is 0 Å². The van der Waals surface area contributed by atoms with Crippen molar-refractivity contribution in [3.8, 4) is 0 Å². The number of nitrogens with zero attached hydrogens (tertiary/aromatic N) is 1. The normalized spacial score (nSPS) is 16.1. The van der Waals surface area contributed by atoms with E-state index >= 15 is 0 Å². The van der Waals surface area contributed by atoms with Crippen molar-refractivity contribution >= 4 is 0 Å². The average molecular weight is 227 g/mol. The van der Waals surface area contributed by atoms with Gasteiger partial charge in [-0.15, -0.1) is 0 Å². The van der Waals surface area contributed by atoms with Crippen LogP contribution >= 0.6 is 0 Å². The van der Waals surface area contributed by atoms with E-state index in [4.69, 9.17) is 0 Å². The highest BCUT2D eigenvalue weighted by molar-refractivity contribution is 4.82. The summed E-state index contributed by atoms with van der Waals surface area (Å²) in [5.74, 6) is 1.80. The quantitative estimate of drug-likeness (QED) is 0.641. The summed E-state index contributed by atoms with van der Waals surface area (Å²) in [6.07, 6.45) is 1.21. The Morgan fingerprint density at radius 3 is 2.00 bits per heavy atom. The molecule has 1 radical (unpaired) electrons. The number of hydrogen-bond donors (Lipinski definition) is 1. The van der Waals surface area contributed by atoms with Crippen LogP contribution in [0.2, 0.25) is 0 Å². The van der Waals surface area contributed by atoms with E-state index in [9.17, 15) is 0 Å². The van der Waals surface area contributed by atoms with Gasteiger partial charge in [0.05, 0.1) is 0 Å². The second kappa shape index (κ2) is 8.08. The maximum Gasteiger partial charge on any atom is 0.0121 e. The van der Waals surface area contributed by atoms with Gasteiger partial charge in [0.15, 0.2) is 0 Å². The molecule has 0 saturated carbocycles. The minimum absolute atomic E-state index is 0.499. The van der Waals surface area contributed by atoms with Crippen LogP contribution in [0.1, 0.15) is 34.1 Å². The van der Waals surface area contributed by atoms with Crippen molar-refractivity contribution in [1.82, 2.24) is 10.2 Å². The van der Waals surface area contributed by atoms with E-state index in [1.807, 2.05) is 0 Å². The Balaban J connectivity index is 3.95. The first-order chi connectivity index (χ1) is 7.36. The zero-order valence-corrected chi connectivity index (χ0v) is 12.1. The Bertz CT molecular complexity index is 164. The predicted molar refractivity (Wildman–Crippen MR) is 73.5 cm³/mol. The van der Waals surface area contributed by atoms with Gasteiger partial charge in [0.25, 0.3) is 0 Å². The molecular weight excluding hydrogens is 196 g/mol. The van der Waals surface area contributed by atoms with Crippen LogP contribution in [0.5, 0.6) is 0 Å². The molecule has 0 rings (SSSR count). The lowest BCUT2D eigenvalue weighted by atomic mass is 9.84. The molecule has 0 saturated heterocycles. The van der Waals surface area contributed by atoms with Crippen molar-refractivity contribution in [1.29, 1.82) is 0 Å². The topological polar surface area (TPSA) is 15.3 Å². The molecule has 16 heavy (non-hydrogen) atoms. The lowest BCUT2D eigenvalue weighted by molar-refractivity contribution is 0.262.